The zero-order chi connectivity index (χ0) is 11.5. The quantitative estimate of drug-likeness (QED) is 0.749. The molecule has 1 aliphatic rings. The number of nitrogens with two attached hydrogens (primary N) is 1. The molecule has 0 spiro atoms. The Hall–Kier alpha value is -0.570. The van der Waals surface area contributed by atoms with Crippen LogP contribution in [0.4, 0.5) is 0 Å². The van der Waals surface area contributed by atoms with E-state index in [-0.39, 0.29) is 11.4 Å². The molecule has 0 radical (unpaired) electrons. The van der Waals surface area contributed by atoms with E-state index in [1.165, 1.54) is 12.8 Å². The van der Waals surface area contributed by atoms with Crippen LogP contribution in [0, 0.1) is 5.92 Å². The van der Waals surface area contributed by atoms with Crippen molar-refractivity contribution in [3.8, 4) is 0 Å². The first-order chi connectivity index (χ1) is 6.89. The number of hydrogen-bond donors (Lipinski definition) is 2. The van der Waals surface area contributed by atoms with Gasteiger partial charge in [0.1, 0.15) is 0 Å². The second-order valence-corrected chi connectivity index (χ2v) is 5.55. The highest BCUT2D eigenvalue weighted by atomic mass is 16.1. The summed E-state index contributed by atoms with van der Waals surface area (Å²) in [5.74, 6) is 0.791. The van der Waals surface area contributed by atoms with Crippen molar-refractivity contribution in [1.82, 2.24) is 5.32 Å². The van der Waals surface area contributed by atoms with Gasteiger partial charge in [-0.3, -0.25) is 4.79 Å². The van der Waals surface area contributed by atoms with Gasteiger partial charge in [-0.2, -0.15) is 0 Å². The van der Waals surface area contributed by atoms with Crippen LogP contribution in [0.5, 0.6) is 0 Å². The van der Waals surface area contributed by atoms with E-state index in [1.807, 2.05) is 0 Å². The fourth-order valence-electron chi connectivity index (χ4n) is 2.64. The van der Waals surface area contributed by atoms with Gasteiger partial charge in [-0.15, -0.1) is 0 Å². The van der Waals surface area contributed by atoms with Gasteiger partial charge in [0, 0.05) is 18.5 Å². The number of carbonyl (C=O) groups is 1. The van der Waals surface area contributed by atoms with E-state index >= 15 is 0 Å². The highest BCUT2D eigenvalue weighted by molar-refractivity contribution is 5.73. The van der Waals surface area contributed by atoms with Crippen molar-refractivity contribution in [2.45, 2.75) is 64.5 Å². The van der Waals surface area contributed by atoms with Crippen molar-refractivity contribution in [3.05, 3.63) is 0 Å². The molecule has 0 unspecified atom stereocenters. The summed E-state index contributed by atoms with van der Waals surface area (Å²) in [6, 6.07) is 0.408. The average Bonchev–Trinajstić information content (AvgIpc) is 2.06. The Balaban J connectivity index is 2.36. The van der Waals surface area contributed by atoms with Gasteiger partial charge in [0.2, 0.25) is 5.91 Å². The summed E-state index contributed by atoms with van der Waals surface area (Å²) in [5.41, 5.74) is 5.80. The third kappa shape index (κ3) is 4.65. The lowest BCUT2D eigenvalue weighted by Crippen LogP contribution is -2.44. The van der Waals surface area contributed by atoms with Crippen molar-refractivity contribution < 1.29 is 4.79 Å². The minimum Gasteiger partial charge on any atom is -0.351 e. The first kappa shape index (κ1) is 12.5. The van der Waals surface area contributed by atoms with Crippen molar-refractivity contribution >= 4 is 5.91 Å². The van der Waals surface area contributed by atoms with Gasteiger partial charge in [-0.05, 0) is 51.9 Å². The van der Waals surface area contributed by atoms with Crippen LogP contribution in [-0.4, -0.2) is 17.5 Å². The number of amides is 1. The number of hydrogen-bond acceptors (Lipinski definition) is 2. The zero-order valence-electron chi connectivity index (χ0n) is 10.2. The van der Waals surface area contributed by atoms with Gasteiger partial charge in [-0.25, -0.2) is 0 Å². The van der Waals surface area contributed by atoms with Crippen molar-refractivity contribution in [1.29, 1.82) is 0 Å². The molecule has 0 heterocycles. The van der Waals surface area contributed by atoms with Crippen LogP contribution in [0.15, 0.2) is 0 Å². The molecule has 0 aromatic rings. The molecule has 88 valence electrons. The molecule has 1 amide bonds. The Morgan fingerprint density at radius 3 is 2.33 bits per heavy atom. The fourth-order valence-corrected chi connectivity index (χ4v) is 2.64. The molecule has 0 atom stereocenters. The summed E-state index contributed by atoms with van der Waals surface area (Å²) in [4.78, 5) is 11.0. The highest BCUT2D eigenvalue weighted by Gasteiger charge is 2.26. The maximum Gasteiger partial charge on any atom is 0.217 e. The van der Waals surface area contributed by atoms with E-state index < -0.39 is 0 Å². The molecule has 0 aliphatic heterocycles. The Morgan fingerprint density at radius 2 is 1.87 bits per heavy atom. The smallest absolute Gasteiger partial charge is 0.217 e. The molecule has 0 saturated heterocycles. The first-order valence-corrected chi connectivity index (χ1v) is 5.93. The third-order valence-corrected chi connectivity index (χ3v) is 3.20. The Bertz CT molecular complexity index is 218. The maximum atomic E-state index is 11.0. The second kappa shape index (κ2) is 4.97. The first-order valence-electron chi connectivity index (χ1n) is 5.93. The van der Waals surface area contributed by atoms with Crippen molar-refractivity contribution in [2.24, 2.45) is 11.7 Å². The zero-order valence-corrected chi connectivity index (χ0v) is 10.2. The number of nitrogens with one attached hydrogen (secondary N) is 1. The van der Waals surface area contributed by atoms with E-state index in [1.54, 1.807) is 6.92 Å². The second-order valence-electron chi connectivity index (χ2n) is 5.55. The van der Waals surface area contributed by atoms with E-state index in [2.05, 4.69) is 19.2 Å². The fraction of sp³-hybridized carbons (Fsp3) is 0.917. The minimum atomic E-state index is -0.0715. The largest absolute Gasteiger partial charge is 0.351 e. The van der Waals surface area contributed by atoms with Crippen LogP contribution in [0.2, 0.25) is 0 Å². The van der Waals surface area contributed by atoms with Crippen LogP contribution >= 0.6 is 0 Å². The molecule has 3 heteroatoms. The van der Waals surface area contributed by atoms with Crippen LogP contribution in [0.25, 0.3) is 0 Å². The molecule has 1 saturated carbocycles. The lowest BCUT2D eigenvalue weighted by Gasteiger charge is -2.33. The summed E-state index contributed by atoms with van der Waals surface area (Å²) in [6.45, 7) is 5.78. The number of rotatable bonds is 3. The normalized spacial score (nSPS) is 27.5. The van der Waals surface area contributed by atoms with Crippen LogP contribution in [-0.2, 0) is 4.79 Å². The SMILES string of the molecule is CC(=O)NC(C)(C)CC1CCC(N)CC1. The molecule has 3 N–H and O–H groups in total. The van der Waals surface area contributed by atoms with Crippen LogP contribution < -0.4 is 11.1 Å². The molecule has 1 rings (SSSR count). The summed E-state index contributed by atoms with van der Waals surface area (Å²) in [6.07, 6.45) is 5.77. The minimum absolute atomic E-state index is 0.0625. The topological polar surface area (TPSA) is 55.1 Å². The lowest BCUT2D eigenvalue weighted by atomic mass is 9.79. The van der Waals surface area contributed by atoms with Gasteiger partial charge in [0.25, 0.3) is 0 Å². The van der Waals surface area contributed by atoms with Gasteiger partial charge in [0.15, 0.2) is 0 Å². The van der Waals surface area contributed by atoms with Gasteiger partial charge in [-0.1, -0.05) is 0 Å². The van der Waals surface area contributed by atoms with Crippen molar-refractivity contribution in [2.75, 3.05) is 0 Å². The lowest BCUT2D eigenvalue weighted by molar-refractivity contribution is -0.120. The molecule has 0 aromatic carbocycles. The van der Waals surface area contributed by atoms with Crippen molar-refractivity contribution in [3.63, 3.8) is 0 Å². The van der Waals surface area contributed by atoms with Gasteiger partial charge < -0.3 is 11.1 Å². The van der Waals surface area contributed by atoms with E-state index in [4.69, 9.17) is 5.73 Å². The monoisotopic (exact) mass is 212 g/mol. The third-order valence-electron chi connectivity index (χ3n) is 3.20. The highest BCUT2D eigenvalue weighted by Crippen LogP contribution is 2.29. The van der Waals surface area contributed by atoms with E-state index in [0.717, 1.165) is 25.2 Å². The molecule has 15 heavy (non-hydrogen) atoms. The van der Waals surface area contributed by atoms with Gasteiger partial charge in [0.05, 0.1) is 0 Å². The Morgan fingerprint density at radius 1 is 1.33 bits per heavy atom. The van der Waals surface area contributed by atoms with Crippen LogP contribution in [0.3, 0.4) is 0 Å². The molecule has 0 aromatic heterocycles. The maximum absolute atomic E-state index is 11.0. The number of carbonyl (C=O) groups excluding carboxylic acids is 1. The standard InChI is InChI=1S/C12H24N2O/c1-9(15)14-12(2,3)8-10-4-6-11(13)7-5-10/h10-11H,4-8,13H2,1-3H3,(H,14,15). The van der Waals surface area contributed by atoms with Gasteiger partial charge >= 0.3 is 0 Å². The molecule has 3 nitrogen and oxygen atoms in total. The molecular formula is C12H24N2O. The predicted octanol–water partition coefficient (Wildman–Crippen LogP) is 1.81. The Labute approximate surface area is 92.8 Å². The van der Waals surface area contributed by atoms with E-state index in [0.29, 0.717) is 6.04 Å². The summed E-state index contributed by atoms with van der Waals surface area (Å²) in [5, 5.41) is 3.01. The summed E-state index contributed by atoms with van der Waals surface area (Å²) >= 11 is 0. The summed E-state index contributed by atoms with van der Waals surface area (Å²) < 4.78 is 0. The molecular weight excluding hydrogens is 188 g/mol. The Kier molecular flexibility index (Phi) is 4.14. The van der Waals surface area contributed by atoms with E-state index in [9.17, 15) is 4.79 Å². The van der Waals surface area contributed by atoms with Crippen LogP contribution in [0.1, 0.15) is 52.9 Å². The molecule has 1 fully saturated rings. The average molecular weight is 212 g/mol. The molecule has 1 aliphatic carbocycles. The predicted molar refractivity (Wildman–Crippen MR) is 62.4 cm³/mol. The molecule has 0 bridgehead atoms. The summed E-state index contributed by atoms with van der Waals surface area (Å²) in [7, 11) is 0.